The Balaban J connectivity index is 2.39. The van der Waals surface area contributed by atoms with E-state index in [4.69, 9.17) is 10.2 Å². The molecule has 0 aromatic carbocycles. The van der Waals surface area contributed by atoms with Crippen molar-refractivity contribution in [1.29, 1.82) is 0 Å². The van der Waals surface area contributed by atoms with Gasteiger partial charge in [-0.05, 0) is 25.8 Å². The lowest BCUT2D eigenvalue weighted by molar-refractivity contribution is 0.0697. The largest absolute Gasteiger partial charge is 0.478 e. The van der Waals surface area contributed by atoms with Gasteiger partial charge in [-0.25, -0.2) is 4.79 Å². The number of aromatic carboxylic acids is 1. The molecular formula is C12H16N2O3. The summed E-state index contributed by atoms with van der Waals surface area (Å²) in [5.74, 6) is -0.976. The molecule has 0 spiro atoms. The van der Waals surface area contributed by atoms with E-state index in [1.165, 1.54) is 6.20 Å². The number of carbonyl (C=O) groups is 1. The SMILES string of the molecule is Cc1cc(N(CCO)C2CC2)c(C(=O)O)cn1. The van der Waals surface area contributed by atoms with E-state index >= 15 is 0 Å². The molecule has 0 bridgehead atoms. The fourth-order valence-corrected chi connectivity index (χ4v) is 1.94. The third-order valence-corrected chi connectivity index (χ3v) is 2.89. The van der Waals surface area contributed by atoms with Gasteiger partial charge in [0.1, 0.15) is 5.56 Å². The molecule has 1 fully saturated rings. The van der Waals surface area contributed by atoms with Crippen LogP contribution < -0.4 is 4.90 Å². The average Bonchev–Trinajstić information content (AvgIpc) is 3.09. The van der Waals surface area contributed by atoms with Crippen molar-refractivity contribution >= 4 is 11.7 Å². The van der Waals surface area contributed by atoms with Crippen LogP contribution in [0.3, 0.4) is 0 Å². The Morgan fingerprint density at radius 1 is 1.59 bits per heavy atom. The average molecular weight is 236 g/mol. The quantitative estimate of drug-likeness (QED) is 0.799. The topological polar surface area (TPSA) is 73.7 Å². The molecule has 0 atom stereocenters. The Morgan fingerprint density at radius 2 is 2.29 bits per heavy atom. The smallest absolute Gasteiger partial charge is 0.339 e. The number of carboxylic acids is 1. The fraction of sp³-hybridized carbons (Fsp3) is 0.500. The van der Waals surface area contributed by atoms with Gasteiger partial charge >= 0.3 is 5.97 Å². The van der Waals surface area contributed by atoms with Crippen LogP contribution in [0.15, 0.2) is 12.3 Å². The van der Waals surface area contributed by atoms with E-state index in [2.05, 4.69) is 4.98 Å². The molecular weight excluding hydrogens is 220 g/mol. The van der Waals surface area contributed by atoms with E-state index in [0.29, 0.717) is 18.3 Å². The molecule has 17 heavy (non-hydrogen) atoms. The van der Waals surface area contributed by atoms with Crippen LogP contribution in [0.5, 0.6) is 0 Å². The number of hydrogen-bond acceptors (Lipinski definition) is 4. The fourth-order valence-electron chi connectivity index (χ4n) is 1.94. The molecule has 0 radical (unpaired) electrons. The first-order chi connectivity index (χ1) is 8.13. The molecule has 0 amide bonds. The molecule has 1 aromatic rings. The normalized spacial score (nSPS) is 14.7. The highest BCUT2D eigenvalue weighted by atomic mass is 16.4. The second kappa shape index (κ2) is 4.71. The van der Waals surface area contributed by atoms with E-state index in [9.17, 15) is 4.79 Å². The van der Waals surface area contributed by atoms with E-state index in [0.717, 1.165) is 18.5 Å². The van der Waals surface area contributed by atoms with Crippen molar-refractivity contribution in [1.82, 2.24) is 4.98 Å². The van der Waals surface area contributed by atoms with Crippen molar-refractivity contribution in [2.24, 2.45) is 0 Å². The van der Waals surface area contributed by atoms with Gasteiger partial charge in [-0.3, -0.25) is 4.98 Å². The number of hydrogen-bond donors (Lipinski definition) is 2. The highest BCUT2D eigenvalue weighted by molar-refractivity contribution is 5.94. The Hall–Kier alpha value is -1.62. The number of anilines is 1. The van der Waals surface area contributed by atoms with Crippen molar-refractivity contribution in [3.8, 4) is 0 Å². The summed E-state index contributed by atoms with van der Waals surface area (Å²) in [6, 6.07) is 2.14. The number of pyridine rings is 1. The first-order valence-corrected chi connectivity index (χ1v) is 5.71. The highest BCUT2D eigenvalue weighted by Crippen LogP contribution is 2.33. The standard InChI is InChI=1S/C12H16N2O3/c1-8-6-11(10(7-13-8)12(16)17)14(4-5-15)9-2-3-9/h6-7,9,15H,2-5H2,1H3,(H,16,17). The van der Waals surface area contributed by atoms with Crippen LogP contribution in [0.2, 0.25) is 0 Å². The van der Waals surface area contributed by atoms with Crippen molar-refractivity contribution in [2.75, 3.05) is 18.1 Å². The van der Waals surface area contributed by atoms with Crippen molar-refractivity contribution < 1.29 is 15.0 Å². The molecule has 1 aliphatic carbocycles. The van der Waals surface area contributed by atoms with Crippen LogP contribution in [-0.2, 0) is 0 Å². The van der Waals surface area contributed by atoms with Crippen LogP contribution >= 0.6 is 0 Å². The highest BCUT2D eigenvalue weighted by Gasteiger charge is 2.31. The molecule has 1 heterocycles. The van der Waals surface area contributed by atoms with Gasteiger partial charge in [0.25, 0.3) is 0 Å². The Labute approximate surface area is 99.7 Å². The third kappa shape index (κ3) is 2.55. The van der Waals surface area contributed by atoms with Crippen molar-refractivity contribution in [3.63, 3.8) is 0 Å². The molecule has 5 nitrogen and oxygen atoms in total. The van der Waals surface area contributed by atoms with Gasteiger partial charge in [0, 0.05) is 24.5 Å². The number of aliphatic hydroxyl groups excluding tert-OH is 1. The first-order valence-electron chi connectivity index (χ1n) is 5.71. The number of aliphatic hydroxyl groups is 1. The number of rotatable bonds is 5. The van der Waals surface area contributed by atoms with Gasteiger partial charge in [-0.15, -0.1) is 0 Å². The van der Waals surface area contributed by atoms with E-state index in [-0.39, 0.29) is 12.2 Å². The summed E-state index contributed by atoms with van der Waals surface area (Å²) in [6.45, 7) is 2.32. The summed E-state index contributed by atoms with van der Waals surface area (Å²) >= 11 is 0. The molecule has 1 saturated carbocycles. The Morgan fingerprint density at radius 3 is 2.82 bits per heavy atom. The third-order valence-electron chi connectivity index (χ3n) is 2.89. The van der Waals surface area contributed by atoms with Gasteiger partial charge in [0.05, 0.1) is 12.3 Å². The summed E-state index contributed by atoms with van der Waals surface area (Å²) < 4.78 is 0. The molecule has 0 unspecified atom stereocenters. The van der Waals surface area contributed by atoms with Crippen LogP contribution in [0.1, 0.15) is 28.9 Å². The number of aromatic nitrogens is 1. The van der Waals surface area contributed by atoms with E-state index in [1.807, 2.05) is 11.8 Å². The van der Waals surface area contributed by atoms with Crippen LogP contribution in [0.4, 0.5) is 5.69 Å². The van der Waals surface area contributed by atoms with Gasteiger partial charge in [-0.1, -0.05) is 0 Å². The predicted molar refractivity (Wildman–Crippen MR) is 63.4 cm³/mol. The zero-order valence-corrected chi connectivity index (χ0v) is 9.76. The van der Waals surface area contributed by atoms with Gasteiger partial charge in [0.2, 0.25) is 0 Å². The minimum Gasteiger partial charge on any atom is -0.478 e. The second-order valence-corrected chi connectivity index (χ2v) is 4.30. The molecule has 2 N–H and O–H groups in total. The summed E-state index contributed by atoms with van der Waals surface area (Å²) in [7, 11) is 0. The number of nitrogens with zero attached hydrogens (tertiary/aromatic N) is 2. The first kappa shape index (κ1) is 11.9. The molecule has 92 valence electrons. The number of carboxylic acid groups (broad SMARTS) is 1. The molecule has 1 aliphatic rings. The maximum atomic E-state index is 11.2. The minimum absolute atomic E-state index is 0.0247. The van der Waals surface area contributed by atoms with Crippen LogP contribution in [0.25, 0.3) is 0 Å². The van der Waals surface area contributed by atoms with Gasteiger partial charge in [-0.2, -0.15) is 0 Å². The minimum atomic E-state index is -0.976. The molecule has 1 aromatic heterocycles. The van der Waals surface area contributed by atoms with Gasteiger partial charge < -0.3 is 15.1 Å². The summed E-state index contributed by atoms with van der Waals surface area (Å²) in [6.07, 6.45) is 3.50. The summed E-state index contributed by atoms with van der Waals surface area (Å²) in [5, 5.41) is 18.2. The maximum Gasteiger partial charge on any atom is 0.339 e. The van der Waals surface area contributed by atoms with Crippen LogP contribution in [0, 0.1) is 6.92 Å². The van der Waals surface area contributed by atoms with Crippen LogP contribution in [-0.4, -0.2) is 40.4 Å². The number of aryl methyl sites for hydroxylation is 1. The Bertz CT molecular complexity index is 430. The zero-order valence-electron chi connectivity index (χ0n) is 9.76. The molecule has 2 rings (SSSR count). The maximum absolute atomic E-state index is 11.2. The monoisotopic (exact) mass is 236 g/mol. The molecule has 0 aliphatic heterocycles. The predicted octanol–water partition coefficient (Wildman–Crippen LogP) is 1.05. The second-order valence-electron chi connectivity index (χ2n) is 4.30. The lowest BCUT2D eigenvalue weighted by Gasteiger charge is -2.25. The Kier molecular flexibility index (Phi) is 3.28. The zero-order chi connectivity index (χ0) is 12.4. The lowest BCUT2D eigenvalue weighted by Crippen LogP contribution is -2.30. The van der Waals surface area contributed by atoms with E-state index < -0.39 is 5.97 Å². The molecule has 0 saturated heterocycles. The van der Waals surface area contributed by atoms with E-state index in [1.54, 1.807) is 6.07 Å². The molecule has 5 heteroatoms. The summed E-state index contributed by atoms with van der Waals surface area (Å²) in [4.78, 5) is 17.1. The lowest BCUT2D eigenvalue weighted by atomic mass is 10.2. The summed E-state index contributed by atoms with van der Waals surface area (Å²) in [5.41, 5.74) is 1.66. The van der Waals surface area contributed by atoms with Gasteiger partial charge in [0.15, 0.2) is 0 Å². The van der Waals surface area contributed by atoms with Crippen molar-refractivity contribution in [3.05, 3.63) is 23.5 Å². The van der Waals surface area contributed by atoms with Crippen molar-refractivity contribution in [2.45, 2.75) is 25.8 Å².